The lowest BCUT2D eigenvalue weighted by Gasteiger charge is -2.42. The van der Waals surface area contributed by atoms with Crippen molar-refractivity contribution >= 4 is 0 Å². The van der Waals surface area contributed by atoms with E-state index in [1.807, 2.05) is 0 Å². The van der Waals surface area contributed by atoms with Crippen LogP contribution in [-0.4, -0.2) is 56.0 Å². The molecule has 2 atom stereocenters. The highest BCUT2D eigenvalue weighted by molar-refractivity contribution is 4.82. The first-order valence-electron chi connectivity index (χ1n) is 5.97. The fourth-order valence-corrected chi connectivity index (χ4v) is 2.56. The Morgan fingerprint density at radius 3 is 2.67 bits per heavy atom. The van der Waals surface area contributed by atoms with Crippen LogP contribution in [0.3, 0.4) is 0 Å². The Hall–Kier alpha value is -0.160. The molecular weight excluding hydrogens is 192 g/mol. The summed E-state index contributed by atoms with van der Waals surface area (Å²) in [6.45, 7) is 6.61. The zero-order valence-electron chi connectivity index (χ0n) is 9.52. The van der Waals surface area contributed by atoms with Crippen molar-refractivity contribution in [2.75, 3.05) is 32.8 Å². The third-order valence-electron chi connectivity index (χ3n) is 3.32. The Bertz CT molecular complexity index is 195. The molecule has 4 heteroatoms. The minimum Gasteiger partial charge on any atom is -0.381 e. The van der Waals surface area contributed by atoms with Gasteiger partial charge >= 0.3 is 0 Å². The van der Waals surface area contributed by atoms with E-state index in [9.17, 15) is 0 Å². The van der Waals surface area contributed by atoms with E-state index in [0.717, 1.165) is 39.1 Å². The van der Waals surface area contributed by atoms with Gasteiger partial charge in [-0.1, -0.05) is 0 Å². The molecule has 2 rings (SSSR count). The fraction of sp³-hybridized carbons (Fsp3) is 1.00. The second kappa shape index (κ2) is 5.25. The topological polar surface area (TPSA) is 47.7 Å². The minimum atomic E-state index is 0.219. The first kappa shape index (κ1) is 11.3. The van der Waals surface area contributed by atoms with E-state index in [4.69, 9.17) is 15.2 Å². The molecule has 2 aliphatic rings. The third-order valence-corrected chi connectivity index (χ3v) is 3.32. The number of hydrogen-bond acceptors (Lipinski definition) is 4. The second-order valence-corrected chi connectivity index (χ2v) is 4.60. The Kier molecular flexibility index (Phi) is 3.97. The zero-order chi connectivity index (χ0) is 10.7. The standard InChI is InChI=1S/C11H22N2O2/c1-9-7-13(8-11(6-12)15-9)10-2-4-14-5-3-10/h9-11H,2-8,12H2,1H3. The molecule has 0 spiro atoms. The first-order valence-corrected chi connectivity index (χ1v) is 5.97. The van der Waals surface area contributed by atoms with Gasteiger partial charge in [0.25, 0.3) is 0 Å². The fourth-order valence-electron chi connectivity index (χ4n) is 2.56. The maximum atomic E-state index is 5.76. The first-order chi connectivity index (χ1) is 7.29. The van der Waals surface area contributed by atoms with Crippen LogP contribution >= 0.6 is 0 Å². The highest BCUT2D eigenvalue weighted by Crippen LogP contribution is 2.19. The summed E-state index contributed by atoms with van der Waals surface area (Å²) in [7, 11) is 0. The van der Waals surface area contributed by atoms with Crippen LogP contribution in [0.15, 0.2) is 0 Å². The summed E-state index contributed by atoms with van der Waals surface area (Å²) < 4.78 is 11.1. The van der Waals surface area contributed by atoms with E-state index in [2.05, 4.69) is 11.8 Å². The van der Waals surface area contributed by atoms with Gasteiger partial charge in [-0.05, 0) is 19.8 Å². The van der Waals surface area contributed by atoms with Crippen molar-refractivity contribution in [2.45, 2.75) is 38.0 Å². The number of morpholine rings is 1. The van der Waals surface area contributed by atoms with Crippen LogP contribution in [0.2, 0.25) is 0 Å². The van der Waals surface area contributed by atoms with E-state index < -0.39 is 0 Å². The highest BCUT2D eigenvalue weighted by Gasteiger charge is 2.30. The lowest BCUT2D eigenvalue weighted by atomic mass is 10.0. The summed E-state index contributed by atoms with van der Waals surface area (Å²) >= 11 is 0. The largest absolute Gasteiger partial charge is 0.381 e. The van der Waals surface area contributed by atoms with E-state index in [-0.39, 0.29) is 6.10 Å². The smallest absolute Gasteiger partial charge is 0.0828 e. The number of nitrogens with zero attached hydrogens (tertiary/aromatic N) is 1. The van der Waals surface area contributed by atoms with Crippen LogP contribution in [0.1, 0.15) is 19.8 Å². The van der Waals surface area contributed by atoms with Gasteiger partial charge < -0.3 is 15.2 Å². The predicted molar refractivity (Wildman–Crippen MR) is 58.8 cm³/mol. The summed E-state index contributed by atoms with van der Waals surface area (Å²) in [6.07, 6.45) is 2.85. The Labute approximate surface area is 91.7 Å². The Balaban J connectivity index is 1.89. The molecule has 2 heterocycles. The van der Waals surface area contributed by atoms with Gasteiger partial charge in [0.1, 0.15) is 0 Å². The van der Waals surface area contributed by atoms with Crippen molar-refractivity contribution in [1.29, 1.82) is 0 Å². The quantitative estimate of drug-likeness (QED) is 0.714. The second-order valence-electron chi connectivity index (χ2n) is 4.60. The van der Waals surface area contributed by atoms with Gasteiger partial charge in [0, 0.05) is 38.9 Å². The Morgan fingerprint density at radius 1 is 1.27 bits per heavy atom. The molecule has 4 nitrogen and oxygen atoms in total. The molecule has 0 bridgehead atoms. The molecule has 0 aromatic carbocycles. The van der Waals surface area contributed by atoms with Gasteiger partial charge in [-0.15, -0.1) is 0 Å². The van der Waals surface area contributed by atoms with Crippen molar-refractivity contribution in [3.8, 4) is 0 Å². The van der Waals surface area contributed by atoms with Crippen LogP contribution in [0.5, 0.6) is 0 Å². The van der Waals surface area contributed by atoms with Crippen LogP contribution in [-0.2, 0) is 9.47 Å². The van der Waals surface area contributed by atoms with Crippen molar-refractivity contribution in [1.82, 2.24) is 4.90 Å². The van der Waals surface area contributed by atoms with Crippen molar-refractivity contribution < 1.29 is 9.47 Å². The molecule has 2 saturated heterocycles. The van der Waals surface area contributed by atoms with Crippen LogP contribution in [0.25, 0.3) is 0 Å². The minimum absolute atomic E-state index is 0.219. The van der Waals surface area contributed by atoms with E-state index >= 15 is 0 Å². The molecule has 0 amide bonds. The Morgan fingerprint density at radius 2 is 2.00 bits per heavy atom. The molecule has 15 heavy (non-hydrogen) atoms. The number of ether oxygens (including phenoxy) is 2. The van der Waals surface area contributed by atoms with Crippen LogP contribution in [0, 0.1) is 0 Å². The SMILES string of the molecule is CC1CN(C2CCOCC2)CC(CN)O1. The summed E-state index contributed by atoms with van der Waals surface area (Å²) in [5.74, 6) is 0. The predicted octanol–water partition coefficient (Wildman–Crippen LogP) is 0.213. The molecule has 0 aliphatic carbocycles. The van der Waals surface area contributed by atoms with E-state index in [0.29, 0.717) is 18.7 Å². The van der Waals surface area contributed by atoms with Crippen molar-refractivity contribution in [2.24, 2.45) is 5.73 Å². The molecular formula is C11H22N2O2. The third kappa shape index (κ3) is 2.91. The summed E-state index contributed by atoms with van der Waals surface area (Å²) in [5, 5.41) is 0. The molecule has 2 unspecified atom stereocenters. The van der Waals surface area contributed by atoms with E-state index in [1.165, 1.54) is 0 Å². The molecule has 0 saturated carbocycles. The van der Waals surface area contributed by atoms with Gasteiger partial charge in [-0.25, -0.2) is 0 Å². The molecule has 2 fully saturated rings. The molecule has 0 aromatic rings. The molecule has 0 aromatic heterocycles. The molecule has 2 aliphatic heterocycles. The average molecular weight is 214 g/mol. The molecule has 88 valence electrons. The van der Waals surface area contributed by atoms with Gasteiger partial charge in [-0.3, -0.25) is 4.90 Å². The molecule has 0 radical (unpaired) electrons. The van der Waals surface area contributed by atoms with Crippen molar-refractivity contribution in [3.63, 3.8) is 0 Å². The highest BCUT2D eigenvalue weighted by atomic mass is 16.5. The normalized spacial score (nSPS) is 35.6. The molecule has 2 N–H and O–H groups in total. The monoisotopic (exact) mass is 214 g/mol. The van der Waals surface area contributed by atoms with E-state index in [1.54, 1.807) is 0 Å². The van der Waals surface area contributed by atoms with Gasteiger partial charge in [0.05, 0.1) is 12.2 Å². The zero-order valence-corrected chi connectivity index (χ0v) is 9.52. The van der Waals surface area contributed by atoms with Crippen LogP contribution < -0.4 is 5.73 Å². The van der Waals surface area contributed by atoms with Gasteiger partial charge in [0.15, 0.2) is 0 Å². The lowest BCUT2D eigenvalue weighted by molar-refractivity contribution is -0.0957. The van der Waals surface area contributed by atoms with Crippen LogP contribution in [0.4, 0.5) is 0 Å². The summed E-state index contributed by atoms with van der Waals surface area (Å²) in [4.78, 5) is 2.54. The summed E-state index contributed by atoms with van der Waals surface area (Å²) in [5.41, 5.74) is 5.68. The summed E-state index contributed by atoms with van der Waals surface area (Å²) in [6, 6.07) is 0.680. The van der Waals surface area contributed by atoms with Gasteiger partial charge in [-0.2, -0.15) is 0 Å². The van der Waals surface area contributed by atoms with Crippen molar-refractivity contribution in [3.05, 3.63) is 0 Å². The number of hydrogen-bond donors (Lipinski definition) is 1. The van der Waals surface area contributed by atoms with Gasteiger partial charge in [0.2, 0.25) is 0 Å². The maximum Gasteiger partial charge on any atom is 0.0828 e. The number of rotatable bonds is 2. The number of nitrogens with two attached hydrogens (primary N) is 1. The maximum absolute atomic E-state index is 5.76. The average Bonchev–Trinajstić information content (AvgIpc) is 2.29. The lowest BCUT2D eigenvalue weighted by Crippen LogP contribution is -2.53.